The molecule has 2 heterocycles. The van der Waals surface area contributed by atoms with Gasteiger partial charge in [0.2, 0.25) is 5.91 Å². The fourth-order valence-electron chi connectivity index (χ4n) is 2.35. The average molecular weight is 319 g/mol. The first-order chi connectivity index (χ1) is 9.20. The van der Waals surface area contributed by atoms with Crippen LogP contribution in [0.5, 0.6) is 0 Å². The summed E-state index contributed by atoms with van der Waals surface area (Å²) in [5, 5.41) is 3.03. The highest BCUT2D eigenvalue weighted by atomic mass is 35.5. The van der Waals surface area contributed by atoms with Gasteiger partial charge in [-0.25, -0.2) is 0 Å². The molecule has 4 nitrogen and oxygen atoms in total. The van der Waals surface area contributed by atoms with Crippen molar-refractivity contribution in [3.8, 4) is 0 Å². The van der Waals surface area contributed by atoms with Crippen molar-refractivity contribution in [1.29, 1.82) is 0 Å². The molecule has 0 unspecified atom stereocenters. The second-order valence-corrected chi connectivity index (χ2v) is 6.25. The normalized spacial score (nSPS) is 17.3. The van der Waals surface area contributed by atoms with Gasteiger partial charge in [-0.15, -0.1) is 23.7 Å². The van der Waals surface area contributed by atoms with E-state index in [0.29, 0.717) is 26.3 Å². The van der Waals surface area contributed by atoms with Gasteiger partial charge in [0.25, 0.3) is 0 Å². The van der Waals surface area contributed by atoms with Gasteiger partial charge < -0.3 is 15.8 Å². The average Bonchev–Trinajstić information content (AvgIpc) is 2.93. The maximum absolute atomic E-state index is 12.4. The van der Waals surface area contributed by atoms with E-state index in [2.05, 4.69) is 24.4 Å². The fraction of sp³-hybridized carbons (Fsp3) is 0.643. The van der Waals surface area contributed by atoms with Crippen LogP contribution in [0.2, 0.25) is 0 Å². The summed E-state index contributed by atoms with van der Waals surface area (Å²) in [6, 6.07) is 4.21. The van der Waals surface area contributed by atoms with E-state index in [9.17, 15) is 4.79 Å². The smallest absolute Gasteiger partial charge is 0.227 e. The van der Waals surface area contributed by atoms with E-state index >= 15 is 0 Å². The van der Waals surface area contributed by atoms with E-state index in [-0.39, 0.29) is 18.3 Å². The van der Waals surface area contributed by atoms with Gasteiger partial charge in [-0.2, -0.15) is 0 Å². The molecule has 1 fully saturated rings. The van der Waals surface area contributed by atoms with E-state index < -0.39 is 5.41 Å². The molecule has 0 aliphatic carbocycles. The van der Waals surface area contributed by atoms with Gasteiger partial charge in [-0.3, -0.25) is 4.79 Å². The Morgan fingerprint density at radius 2 is 2.05 bits per heavy atom. The number of carbonyl (C=O) groups excluding carboxylic acids is 1. The molecule has 20 heavy (non-hydrogen) atoms. The molecule has 3 N–H and O–H groups in total. The molecule has 0 atom stereocenters. The second kappa shape index (κ2) is 7.98. The lowest BCUT2D eigenvalue weighted by Crippen LogP contribution is -2.48. The topological polar surface area (TPSA) is 64.4 Å². The van der Waals surface area contributed by atoms with Crippen LogP contribution < -0.4 is 11.1 Å². The number of hydrogen-bond acceptors (Lipinski definition) is 4. The van der Waals surface area contributed by atoms with Crippen LogP contribution in [0, 0.1) is 5.41 Å². The third kappa shape index (κ3) is 3.95. The molecule has 6 heteroatoms. The molecule has 1 aliphatic rings. The lowest BCUT2D eigenvalue weighted by molar-refractivity contribution is -0.136. The van der Waals surface area contributed by atoms with Crippen LogP contribution in [-0.4, -0.2) is 25.7 Å². The Bertz CT molecular complexity index is 431. The number of thiophene rings is 1. The molecule has 0 saturated carbocycles. The summed E-state index contributed by atoms with van der Waals surface area (Å²) in [5.41, 5.74) is 5.39. The number of carbonyl (C=O) groups is 1. The lowest BCUT2D eigenvalue weighted by atomic mass is 9.79. The zero-order chi connectivity index (χ0) is 13.7. The van der Waals surface area contributed by atoms with Gasteiger partial charge in [0, 0.05) is 29.5 Å². The maximum Gasteiger partial charge on any atom is 0.227 e. The SMILES string of the molecule is CCc1ccc(CNC(=O)C2(CN)CCOCC2)s1.Cl. The predicted molar refractivity (Wildman–Crippen MR) is 84.3 cm³/mol. The van der Waals surface area contributed by atoms with E-state index in [1.165, 1.54) is 9.75 Å². The van der Waals surface area contributed by atoms with Gasteiger partial charge >= 0.3 is 0 Å². The first-order valence-corrected chi connectivity index (χ1v) is 7.65. The summed E-state index contributed by atoms with van der Waals surface area (Å²) in [6.45, 7) is 4.39. The Morgan fingerprint density at radius 3 is 2.60 bits per heavy atom. The Balaban J connectivity index is 0.00000200. The van der Waals surface area contributed by atoms with Gasteiger partial charge in [0.1, 0.15) is 0 Å². The van der Waals surface area contributed by atoms with Crippen LogP contribution in [0.4, 0.5) is 0 Å². The Kier molecular flexibility index (Phi) is 6.95. The van der Waals surface area contributed by atoms with Crippen LogP contribution in [0.15, 0.2) is 12.1 Å². The van der Waals surface area contributed by atoms with Crippen LogP contribution in [0.25, 0.3) is 0 Å². The number of ether oxygens (including phenoxy) is 1. The van der Waals surface area contributed by atoms with Gasteiger partial charge in [-0.05, 0) is 31.4 Å². The van der Waals surface area contributed by atoms with Gasteiger partial charge in [-0.1, -0.05) is 6.92 Å². The number of nitrogens with two attached hydrogens (primary N) is 1. The molecule has 0 bridgehead atoms. The summed E-state index contributed by atoms with van der Waals surface area (Å²) in [6.07, 6.45) is 2.49. The standard InChI is InChI=1S/C14H22N2O2S.ClH/c1-2-11-3-4-12(19-11)9-16-13(17)14(10-15)5-7-18-8-6-14;/h3-4H,2,5-10,15H2,1H3,(H,16,17);1H. The monoisotopic (exact) mass is 318 g/mol. The summed E-state index contributed by atoms with van der Waals surface area (Å²) in [5.74, 6) is 0.0738. The lowest BCUT2D eigenvalue weighted by Gasteiger charge is -2.34. The van der Waals surface area contributed by atoms with Crippen LogP contribution >= 0.6 is 23.7 Å². The van der Waals surface area contributed by atoms with Crippen molar-refractivity contribution in [2.75, 3.05) is 19.8 Å². The number of amides is 1. The van der Waals surface area contributed by atoms with Crippen molar-refractivity contribution in [2.24, 2.45) is 11.1 Å². The number of aryl methyl sites for hydroxylation is 1. The molecule has 1 aromatic rings. The van der Waals surface area contributed by atoms with E-state index in [1.54, 1.807) is 11.3 Å². The minimum Gasteiger partial charge on any atom is -0.381 e. The first kappa shape index (κ1) is 17.4. The van der Waals surface area contributed by atoms with Crippen molar-refractivity contribution in [2.45, 2.75) is 32.7 Å². The zero-order valence-corrected chi connectivity index (χ0v) is 13.4. The summed E-state index contributed by atoms with van der Waals surface area (Å²) in [4.78, 5) is 14.9. The minimum absolute atomic E-state index is 0. The first-order valence-electron chi connectivity index (χ1n) is 6.84. The maximum atomic E-state index is 12.4. The van der Waals surface area contributed by atoms with Crippen molar-refractivity contribution >= 4 is 29.7 Å². The van der Waals surface area contributed by atoms with Crippen molar-refractivity contribution in [3.05, 3.63) is 21.9 Å². The molecule has 1 aromatic heterocycles. The number of rotatable bonds is 5. The van der Waals surface area contributed by atoms with Crippen molar-refractivity contribution in [3.63, 3.8) is 0 Å². The Hall–Kier alpha value is -0.620. The highest BCUT2D eigenvalue weighted by Gasteiger charge is 2.38. The molecule has 0 radical (unpaired) electrons. The molecule has 0 aromatic carbocycles. The highest BCUT2D eigenvalue weighted by molar-refractivity contribution is 7.11. The zero-order valence-electron chi connectivity index (χ0n) is 11.8. The Morgan fingerprint density at radius 1 is 1.40 bits per heavy atom. The van der Waals surface area contributed by atoms with E-state index in [1.807, 2.05) is 0 Å². The molecular weight excluding hydrogens is 296 g/mol. The summed E-state index contributed by atoms with van der Waals surface area (Å²) < 4.78 is 5.32. The van der Waals surface area contributed by atoms with Crippen LogP contribution in [0.1, 0.15) is 29.5 Å². The fourth-order valence-corrected chi connectivity index (χ4v) is 3.25. The third-order valence-corrected chi connectivity index (χ3v) is 5.04. The molecule has 1 saturated heterocycles. The predicted octanol–water partition coefficient (Wildman–Crippen LogP) is 2.10. The Labute approximate surface area is 130 Å². The molecular formula is C14H23ClN2O2S. The largest absolute Gasteiger partial charge is 0.381 e. The summed E-state index contributed by atoms with van der Waals surface area (Å²) in [7, 11) is 0. The summed E-state index contributed by atoms with van der Waals surface area (Å²) >= 11 is 1.76. The second-order valence-electron chi connectivity index (χ2n) is 5.00. The minimum atomic E-state index is -0.427. The number of halogens is 1. The number of nitrogens with one attached hydrogen (secondary N) is 1. The highest BCUT2D eigenvalue weighted by Crippen LogP contribution is 2.29. The van der Waals surface area contributed by atoms with Crippen LogP contribution in [0.3, 0.4) is 0 Å². The van der Waals surface area contributed by atoms with E-state index in [0.717, 1.165) is 19.3 Å². The molecule has 1 amide bonds. The van der Waals surface area contributed by atoms with Crippen molar-refractivity contribution in [1.82, 2.24) is 5.32 Å². The number of hydrogen-bond donors (Lipinski definition) is 2. The molecule has 0 spiro atoms. The molecule has 114 valence electrons. The molecule has 1 aliphatic heterocycles. The van der Waals surface area contributed by atoms with Crippen LogP contribution in [-0.2, 0) is 22.5 Å². The van der Waals surface area contributed by atoms with Crippen molar-refractivity contribution < 1.29 is 9.53 Å². The van der Waals surface area contributed by atoms with Gasteiger partial charge in [0.05, 0.1) is 12.0 Å². The van der Waals surface area contributed by atoms with Gasteiger partial charge in [0.15, 0.2) is 0 Å². The quantitative estimate of drug-likeness (QED) is 0.874. The van der Waals surface area contributed by atoms with E-state index in [4.69, 9.17) is 10.5 Å². The third-order valence-electron chi connectivity index (χ3n) is 3.81. The molecule has 2 rings (SSSR count).